The second-order valence-corrected chi connectivity index (χ2v) is 5.99. The van der Waals surface area contributed by atoms with Crippen LogP contribution in [0.4, 0.5) is 0 Å². The first-order valence-electron chi connectivity index (χ1n) is 8.04. The molecule has 6 heteroatoms. The summed E-state index contributed by atoms with van der Waals surface area (Å²) in [6.45, 7) is 5.39. The molecule has 2 atom stereocenters. The van der Waals surface area contributed by atoms with Crippen molar-refractivity contribution >= 4 is 29.9 Å². The number of benzene rings is 1. The highest BCUT2D eigenvalue weighted by Crippen LogP contribution is 2.10. The summed E-state index contributed by atoms with van der Waals surface area (Å²) in [5, 5.41) is 3.15. The van der Waals surface area contributed by atoms with Crippen molar-refractivity contribution in [3.8, 4) is 0 Å². The molecule has 0 saturated carbocycles. The zero-order valence-electron chi connectivity index (χ0n) is 14.1. The molecule has 23 heavy (non-hydrogen) atoms. The summed E-state index contributed by atoms with van der Waals surface area (Å²) in [4.78, 5) is 6.72. The molecule has 2 unspecified atom stereocenters. The van der Waals surface area contributed by atoms with Gasteiger partial charge < -0.3 is 15.8 Å². The van der Waals surface area contributed by atoms with Crippen LogP contribution in [-0.4, -0.2) is 49.7 Å². The van der Waals surface area contributed by atoms with E-state index < -0.39 is 0 Å². The molecular weight excluding hydrogens is 403 g/mol. The molecule has 0 amide bonds. The fourth-order valence-corrected chi connectivity index (χ4v) is 2.48. The minimum absolute atomic E-state index is 0. The first kappa shape index (κ1) is 20.2. The monoisotopic (exact) mass is 432 g/mol. The van der Waals surface area contributed by atoms with Crippen molar-refractivity contribution in [1.29, 1.82) is 0 Å². The molecular formula is C17H29IN4O. The van der Waals surface area contributed by atoms with Crippen molar-refractivity contribution in [3.63, 3.8) is 0 Å². The molecule has 2 rings (SSSR count). The maximum Gasteiger partial charge on any atom is 0.188 e. The van der Waals surface area contributed by atoms with Gasteiger partial charge in [-0.3, -0.25) is 9.89 Å². The molecule has 0 bridgehead atoms. The van der Waals surface area contributed by atoms with Crippen LogP contribution in [-0.2, 0) is 11.3 Å². The highest BCUT2D eigenvalue weighted by molar-refractivity contribution is 14.0. The van der Waals surface area contributed by atoms with Gasteiger partial charge in [0.2, 0.25) is 0 Å². The fourth-order valence-electron chi connectivity index (χ4n) is 2.48. The predicted octanol–water partition coefficient (Wildman–Crippen LogP) is 2.21. The van der Waals surface area contributed by atoms with Crippen molar-refractivity contribution in [2.24, 2.45) is 10.7 Å². The number of hydrogen-bond donors (Lipinski definition) is 2. The Morgan fingerprint density at radius 2 is 2.17 bits per heavy atom. The fraction of sp³-hybridized carbons (Fsp3) is 0.588. The van der Waals surface area contributed by atoms with Crippen LogP contribution >= 0.6 is 24.0 Å². The standard InChI is InChI=1S/C17H28N4O.HI/c1-14(21(2)13-15-7-4-3-5-8-15)11-19-17(18)20-12-16-9-6-10-22-16;/h3-5,7-8,14,16H,6,9-13H2,1-2H3,(H3,18,19,20);1H. The van der Waals surface area contributed by atoms with Crippen LogP contribution in [0.2, 0.25) is 0 Å². The van der Waals surface area contributed by atoms with Crippen molar-refractivity contribution in [1.82, 2.24) is 10.2 Å². The maximum atomic E-state index is 5.92. The van der Waals surface area contributed by atoms with E-state index in [-0.39, 0.29) is 30.1 Å². The van der Waals surface area contributed by atoms with Gasteiger partial charge in [0.25, 0.3) is 0 Å². The first-order valence-corrected chi connectivity index (χ1v) is 8.04. The number of aliphatic imine (C=N–C) groups is 1. The molecule has 1 aliphatic rings. The Hall–Kier alpha value is -0.860. The van der Waals surface area contributed by atoms with Gasteiger partial charge >= 0.3 is 0 Å². The summed E-state index contributed by atoms with van der Waals surface area (Å²) in [7, 11) is 2.11. The lowest BCUT2D eigenvalue weighted by Gasteiger charge is -2.23. The Balaban J connectivity index is 0.00000264. The van der Waals surface area contributed by atoms with Crippen LogP contribution in [0.25, 0.3) is 0 Å². The summed E-state index contributed by atoms with van der Waals surface area (Å²) in [5.41, 5.74) is 7.23. The summed E-state index contributed by atoms with van der Waals surface area (Å²) >= 11 is 0. The van der Waals surface area contributed by atoms with E-state index in [9.17, 15) is 0 Å². The highest BCUT2D eigenvalue weighted by atomic mass is 127. The molecule has 130 valence electrons. The average molecular weight is 432 g/mol. The van der Waals surface area contributed by atoms with Crippen molar-refractivity contribution in [2.75, 3.05) is 26.7 Å². The van der Waals surface area contributed by atoms with Gasteiger partial charge in [0.15, 0.2) is 5.96 Å². The number of halogens is 1. The van der Waals surface area contributed by atoms with Gasteiger partial charge in [0.1, 0.15) is 0 Å². The lowest BCUT2D eigenvalue weighted by atomic mass is 10.2. The zero-order chi connectivity index (χ0) is 15.8. The molecule has 1 aliphatic heterocycles. The van der Waals surface area contributed by atoms with Gasteiger partial charge in [-0.2, -0.15) is 0 Å². The van der Waals surface area contributed by atoms with Gasteiger partial charge in [-0.25, -0.2) is 0 Å². The molecule has 1 saturated heterocycles. The Morgan fingerprint density at radius 1 is 1.43 bits per heavy atom. The average Bonchev–Trinajstić information content (AvgIpc) is 3.05. The van der Waals surface area contributed by atoms with Crippen LogP contribution in [0.5, 0.6) is 0 Å². The summed E-state index contributed by atoms with van der Waals surface area (Å²) < 4.78 is 5.55. The minimum Gasteiger partial charge on any atom is -0.376 e. The number of ether oxygens (including phenoxy) is 1. The van der Waals surface area contributed by atoms with Gasteiger partial charge in [0, 0.05) is 25.7 Å². The minimum atomic E-state index is 0. The zero-order valence-corrected chi connectivity index (χ0v) is 16.4. The third-order valence-electron chi connectivity index (χ3n) is 4.09. The van der Waals surface area contributed by atoms with Crippen molar-refractivity contribution in [3.05, 3.63) is 35.9 Å². The smallest absolute Gasteiger partial charge is 0.188 e. The van der Waals surface area contributed by atoms with E-state index in [2.05, 4.69) is 53.4 Å². The summed E-state index contributed by atoms with van der Waals surface area (Å²) in [5.74, 6) is 0.510. The Bertz CT molecular complexity index is 463. The number of nitrogens with zero attached hydrogens (tertiary/aromatic N) is 2. The molecule has 5 nitrogen and oxygen atoms in total. The number of rotatable bonds is 7. The van der Waals surface area contributed by atoms with Gasteiger partial charge in [-0.1, -0.05) is 30.3 Å². The van der Waals surface area contributed by atoms with Crippen LogP contribution in [0, 0.1) is 0 Å². The van der Waals surface area contributed by atoms with Crippen molar-refractivity contribution in [2.45, 2.75) is 38.5 Å². The first-order chi connectivity index (χ1) is 10.6. The largest absolute Gasteiger partial charge is 0.376 e. The second kappa shape index (κ2) is 10.8. The van der Waals surface area contributed by atoms with Crippen LogP contribution < -0.4 is 11.1 Å². The van der Waals surface area contributed by atoms with E-state index in [4.69, 9.17) is 10.5 Å². The molecule has 1 aromatic carbocycles. The Morgan fingerprint density at radius 3 is 2.83 bits per heavy atom. The number of hydrogen-bond acceptors (Lipinski definition) is 3. The third kappa shape index (κ3) is 7.50. The molecule has 1 heterocycles. The van der Waals surface area contributed by atoms with E-state index in [1.165, 1.54) is 5.56 Å². The molecule has 0 spiro atoms. The predicted molar refractivity (Wildman–Crippen MR) is 106 cm³/mol. The number of guanidine groups is 1. The molecule has 3 N–H and O–H groups in total. The summed E-state index contributed by atoms with van der Waals surface area (Å²) in [6, 6.07) is 10.8. The van der Waals surface area contributed by atoms with Crippen LogP contribution in [0.1, 0.15) is 25.3 Å². The molecule has 0 aromatic heterocycles. The van der Waals surface area contributed by atoms with E-state index in [0.717, 1.165) is 32.5 Å². The lowest BCUT2D eigenvalue weighted by Crippen LogP contribution is -2.38. The Labute approximate surface area is 156 Å². The SMILES string of the molecule is CC(CN=C(N)NCC1CCCO1)N(C)Cc1ccccc1.I. The Kier molecular flexibility index (Phi) is 9.50. The van der Waals surface area contributed by atoms with Gasteiger partial charge in [-0.15, -0.1) is 24.0 Å². The van der Waals surface area contributed by atoms with E-state index >= 15 is 0 Å². The van der Waals surface area contributed by atoms with Gasteiger partial charge in [0.05, 0.1) is 12.6 Å². The topological polar surface area (TPSA) is 62.9 Å². The van der Waals surface area contributed by atoms with E-state index in [1.807, 2.05) is 6.07 Å². The number of likely N-dealkylation sites (N-methyl/N-ethyl adjacent to an activating group) is 1. The molecule has 1 aromatic rings. The van der Waals surface area contributed by atoms with Crippen molar-refractivity contribution < 1.29 is 4.74 Å². The molecule has 1 fully saturated rings. The number of nitrogens with one attached hydrogen (secondary N) is 1. The quantitative estimate of drug-likeness (QED) is 0.394. The van der Waals surface area contributed by atoms with E-state index in [0.29, 0.717) is 18.5 Å². The normalized spacial score (nSPS) is 19.4. The third-order valence-corrected chi connectivity index (χ3v) is 4.09. The molecule has 0 radical (unpaired) electrons. The highest BCUT2D eigenvalue weighted by Gasteiger charge is 2.15. The maximum absolute atomic E-state index is 5.92. The van der Waals surface area contributed by atoms with E-state index in [1.54, 1.807) is 0 Å². The second-order valence-electron chi connectivity index (χ2n) is 5.99. The lowest BCUT2D eigenvalue weighted by molar-refractivity contribution is 0.114. The molecule has 0 aliphatic carbocycles. The van der Waals surface area contributed by atoms with Crippen LogP contribution in [0.15, 0.2) is 35.3 Å². The summed E-state index contributed by atoms with van der Waals surface area (Å²) in [6.07, 6.45) is 2.54. The van der Waals surface area contributed by atoms with Gasteiger partial charge in [-0.05, 0) is 32.4 Å². The van der Waals surface area contributed by atoms with Crippen LogP contribution in [0.3, 0.4) is 0 Å². The number of nitrogens with two attached hydrogens (primary N) is 1.